The maximum Gasteiger partial charge on any atom is 0.238 e. The summed E-state index contributed by atoms with van der Waals surface area (Å²) >= 11 is 11.0. The van der Waals surface area contributed by atoms with Crippen LogP contribution < -0.4 is 16.2 Å². The maximum absolute atomic E-state index is 11.8. The summed E-state index contributed by atoms with van der Waals surface area (Å²) in [5.74, 6) is 0.726. The average Bonchev–Trinajstić information content (AvgIpc) is 3.06. The number of thiocarbonyl (C=S) groups is 1. The number of nitrogens with one attached hydrogen (secondary N) is 3. The van der Waals surface area contributed by atoms with Crippen molar-refractivity contribution in [3.05, 3.63) is 34.9 Å². The molecule has 1 aliphatic rings. The van der Waals surface area contributed by atoms with Gasteiger partial charge in [0.1, 0.15) is 0 Å². The fourth-order valence-electron chi connectivity index (χ4n) is 2.84. The van der Waals surface area contributed by atoms with Gasteiger partial charge in [0.25, 0.3) is 0 Å². The molecule has 1 amide bonds. The van der Waals surface area contributed by atoms with Crippen LogP contribution in [0.1, 0.15) is 44.1 Å². The molecule has 0 saturated heterocycles. The summed E-state index contributed by atoms with van der Waals surface area (Å²) in [6, 6.07) is 7.73. The van der Waals surface area contributed by atoms with Crippen LogP contribution in [0, 0.1) is 5.92 Å². The van der Waals surface area contributed by atoms with Gasteiger partial charge in [-0.05, 0) is 48.7 Å². The summed E-state index contributed by atoms with van der Waals surface area (Å²) in [4.78, 5) is 11.8. The summed E-state index contributed by atoms with van der Waals surface area (Å²) in [7, 11) is 0. The molecule has 1 saturated carbocycles. The van der Waals surface area contributed by atoms with Gasteiger partial charge in [-0.3, -0.25) is 15.6 Å². The maximum atomic E-state index is 11.8. The molecule has 2 rings (SSSR count). The monoisotopic (exact) mass is 353 g/mol. The fourth-order valence-corrected chi connectivity index (χ4v) is 3.12. The molecule has 0 aliphatic heterocycles. The first kappa shape index (κ1) is 18.0. The van der Waals surface area contributed by atoms with Crippen molar-refractivity contribution in [2.75, 3.05) is 6.54 Å². The topological polar surface area (TPSA) is 53.2 Å². The highest BCUT2D eigenvalue weighted by Crippen LogP contribution is 2.28. The standard InChI is InChI=1S/C17H24ClN3OS/c18-15-8-5-14(6-9-15)11-12-19-17(23)21-20-16(22)10-7-13-3-1-2-4-13/h5-6,8-9,13H,1-4,7,10-12H2,(H,20,22)(H2,19,21,23). The molecule has 0 atom stereocenters. The van der Waals surface area contributed by atoms with E-state index in [4.69, 9.17) is 23.8 Å². The number of hydrogen-bond acceptors (Lipinski definition) is 2. The number of amides is 1. The van der Waals surface area contributed by atoms with Crippen molar-refractivity contribution >= 4 is 34.8 Å². The number of hydrogen-bond donors (Lipinski definition) is 3. The molecule has 1 aliphatic carbocycles. The molecule has 126 valence electrons. The molecule has 0 heterocycles. The third-order valence-electron chi connectivity index (χ3n) is 4.18. The van der Waals surface area contributed by atoms with E-state index in [1.54, 1.807) is 0 Å². The van der Waals surface area contributed by atoms with Crippen LogP contribution in [0.3, 0.4) is 0 Å². The molecule has 6 heteroatoms. The van der Waals surface area contributed by atoms with Crippen LogP contribution in [0.2, 0.25) is 5.02 Å². The SMILES string of the molecule is O=C(CCC1CCCC1)NNC(=S)NCCc1ccc(Cl)cc1. The molecule has 1 aromatic carbocycles. The lowest BCUT2D eigenvalue weighted by molar-refractivity contribution is -0.121. The van der Waals surface area contributed by atoms with Gasteiger partial charge >= 0.3 is 0 Å². The van der Waals surface area contributed by atoms with E-state index in [1.165, 1.54) is 31.2 Å². The summed E-state index contributed by atoms with van der Waals surface area (Å²) in [5.41, 5.74) is 6.59. The lowest BCUT2D eigenvalue weighted by Crippen LogP contribution is -2.47. The van der Waals surface area contributed by atoms with E-state index in [1.807, 2.05) is 24.3 Å². The van der Waals surface area contributed by atoms with Crippen molar-refractivity contribution in [1.82, 2.24) is 16.2 Å². The number of carbonyl (C=O) groups excluding carboxylic acids is 1. The molecule has 0 spiro atoms. The van der Waals surface area contributed by atoms with Gasteiger partial charge in [0, 0.05) is 18.0 Å². The molecule has 0 aromatic heterocycles. The zero-order valence-corrected chi connectivity index (χ0v) is 14.8. The van der Waals surface area contributed by atoms with Gasteiger partial charge in [0.2, 0.25) is 5.91 Å². The van der Waals surface area contributed by atoms with E-state index >= 15 is 0 Å². The van der Waals surface area contributed by atoms with Gasteiger partial charge in [-0.15, -0.1) is 0 Å². The Bertz CT molecular complexity index is 515. The number of rotatable bonds is 6. The predicted molar refractivity (Wildman–Crippen MR) is 98.2 cm³/mol. The van der Waals surface area contributed by atoms with Crippen LogP contribution in [0.25, 0.3) is 0 Å². The van der Waals surface area contributed by atoms with Gasteiger partial charge in [0.05, 0.1) is 0 Å². The highest BCUT2D eigenvalue weighted by atomic mass is 35.5. The van der Waals surface area contributed by atoms with E-state index in [0.29, 0.717) is 18.1 Å². The molecule has 1 fully saturated rings. The van der Waals surface area contributed by atoms with E-state index in [2.05, 4.69) is 16.2 Å². The van der Waals surface area contributed by atoms with Crippen LogP contribution >= 0.6 is 23.8 Å². The molecule has 3 N–H and O–H groups in total. The van der Waals surface area contributed by atoms with E-state index in [9.17, 15) is 4.79 Å². The van der Waals surface area contributed by atoms with Gasteiger partial charge in [0.15, 0.2) is 5.11 Å². The van der Waals surface area contributed by atoms with Crippen molar-refractivity contribution in [3.8, 4) is 0 Å². The van der Waals surface area contributed by atoms with E-state index < -0.39 is 0 Å². The van der Waals surface area contributed by atoms with Crippen LogP contribution in [0.15, 0.2) is 24.3 Å². The summed E-state index contributed by atoms with van der Waals surface area (Å²) < 4.78 is 0. The van der Waals surface area contributed by atoms with Crippen molar-refractivity contribution in [3.63, 3.8) is 0 Å². The van der Waals surface area contributed by atoms with Crippen molar-refractivity contribution < 1.29 is 4.79 Å². The largest absolute Gasteiger partial charge is 0.361 e. The number of halogens is 1. The summed E-state index contributed by atoms with van der Waals surface area (Å²) in [6.45, 7) is 0.700. The fraction of sp³-hybridized carbons (Fsp3) is 0.529. The molecule has 0 unspecified atom stereocenters. The average molecular weight is 354 g/mol. The van der Waals surface area contributed by atoms with Crippen molar-refractivity contribution in [1.29, 1.82) is 0 Å². The molecule has 23 heavy (non-hydrogen) atoms. The Morgan fingerprint density at radius 1 is 1.17 bits per heavy atom. The second-order valence-electron chi connectivity index (χ2n) is 5.99. The molecule has 0 radical (unpaired) electrons. The van der Waals surface area contributed by atoms with Crippen LogP contribution in [0.4, 0.5) is 0 Å². The Labute approximate surface area is 148 Å². The predicted octanol–water partition coefficient (Wildman–Crippen LogP) is 3.35. The zero-order valence-electron chi connectivity index (χ0n) is 13.2. The van der Waals surface area contributed by atoms with Crippen LogP contribution in [0.5, 0.6) is 0 Å². The lowest BCUT2D eigenvalue weighted by Gasteiger charge is -2.12. The molecular formula is C17H24ClN3OS. The summed E-state index contributed by atoms with van der Waals surface area (Å²) in [6.07, 6.45) is 7.54. The van der Waals surface area contributed by atoms with E-state index in [0.717, 1.165) is 23.8 Å². The van der Waals surface area contributed by atoms with Gasteiger partial charge in [-0.25, -0.2) is 0 Å². The summed E-state index contributed by atoms with van der Waals surface area (Å²) in [5, 5.41) is 4.24. The third-order valence-corrected chi connectivity index (χ3v) is 4.68. The number of benzene rings is 1. The first-order valence-electron chi connectivity index (χ1n) is 8.20. The first-order valence-corrected chi connectivity index (χ1v) is 8.99. The van der Waals surface area contributed by atoms with Crippen molar-refractivity contribution in [2.24, 2.45) is 5.92 Å². The molecule has 1 aromatic rings. The Hall–Kier alpha value is -1.33. The Kier molecular flexibility index (Phi) is 7.62. The number of hydrazine groups is 1. The van der Waals surface area contributed by atoms with Crippen molar-refractivity contribution in [2.45, 2.75) is 44.9 Å². The second-order valence-corrected chi connectivity index (χ2v) is 6.84. The highest BCUT2D eigenvalue weighted by Gasteiger charge is 2.16. The Balaban J connectivity index is 1.53. The smallest absolute Gasteiger partial charge is 0.238 e. The van der Waals surface area contributed by atoms with Gasteiger partial charge in [-0.2, -0.15) is 0 Å². The molecular weight excluding hydrogens is 330 g/mol. The first-order chi connectivity index (χ1) is 11.1. The second kappa shape index (κ2) is 9.73. The van der Waals surface area contributed by atoms with Gasteiger partial charge in [-0.1, -0.05) is 49.4 Å². The minimum absolute atomic E-state index is 0.00116. The normalized spacial score (nSPS) is 14.5. The van der Waals surface area contributed by atoms with Gasteiger partial charge < -0.3 is 5.32 Å². The minimum Gasteiger partial charge on any atom is -0.361 e. The van der Waals surface area contributed by atoms with Crippen LogP contribution in [-0.4, -0.2) is 17.6 Å². The quantitative estimate of drug-likeness (QED) is 0.542. The Morgan fingerprint density at radius 3 is 2.57 bits per heavy atom. The third kappa shape index (κ3) is 7.18. The van der Waals surface area contributed by atoms with Crippen LogP contribution in [-0.2, 0) is 11.2 Å². The Morgan fingerprint density at radius 2 is 1.87 bits per heavy atom. The zero-order chi connectivity index (χ0) is 16.5. The number of carbonyl (C=O) groups is 1. The lowest BCUT2D eigenvalue weighted by atomic mass is 10.0. The highest BCUT2D eigenvalue weighted by molar-refractivity contribution is 7.80. The molecule has 4 nitrogen and oxygen atoms in total. The molecule has 0 bridgehead atoms. The minimum atomic E-state index is -0.00116. The van der Waals surface area contributed by atoms with E-state index in [-0.39, 0.29) is 5.91 Å².